The number of rotatable bonds is 8. The Kier molecular flexibility index (Phi) is 9.38. The first-order valence-electron chi connectivity index (χ1n) is 5.74. The molecular formula is C14H22O2. The molecule has 0 amide bonds. The van der Waals surface area contributed by atoms with Gasteiger partial charge in [0.2, 0.25) is 0 Å². The van der Waals surface area contributed by atoms with Crippen LogP contribution in [0.1, 0.15) is 39.5 Å². The van der Waals surface area contributed by atoms with E-state index in [1.165, 1.54) is 6.92 Å². The minimum absolute atomic E-state index is 0.225. The number of hydrogen-bond acceptors (Lipinski definition) is 2. The van der Waals surface area contributed by atoms with Crippen molar-refractivity contribution in [3.8, 4) is 0 Å². The molecule has 0 aliphatic carbocycles. The molecule has 2 nitrogen and oxygen atoms in total. The monoisotopic (exact) mass is 222 g/mol. The highest BCUT2D eigenvalue weighted by Crippen LogP contribution is 2.08. The van der Waals surface area contributed by atoms with Crippen LogP contribution in [-0.2, 0) is 9.53 Å². The van der Waals surface area contributed by atoms with Crippen LogP contribution < -0.4 is 0 Å². The van der Waals surface area contributed by atoms with Crippen LogP contribution in [0.25, 0.3) is 0 Å². The van der Waals surface area contributed by atoms with Gasteiger partial charge in [-0.1, -0.05) is 24.3 Å². The molecule has 0 radical (unpaired) electrons. The normalized spacial score (nSPS) is 11.8. The molecule has 0 fully saturated rings. The molecule has 0 N–H and O–H groups in total. The topological polar surface area (TPSA) is 26.3 Å². The maximum Gasteiger partial charge on any atom is 0.302 e. The average molecular weight is 222 g/mol. The van der Waals surface area contributed by atoms with Crippen LogP contribution in [0.3, 0.4) is 0 Å². The van der Waals surface area contributed by atoms with Crippen molar-refractivity contribution >= 4 is 5.97 Å². The summed E-state index contributed by atoms with van der Waals surface area (Å²) in [6.45, 7) is 7.52. The van der Waals surface area contributed by atoms with Crippen molar-refractivity contribution in [2.45, 2.75) is 39.5 Å². The molecule has 0 rings (SSSR count). The zero-order chi connectivity index (χ0) is 12.2. The second-order valence-corrected chi connectivity index (χ2v) is 3.64. The third-order valence-electron chi connectivity index (χ3n) is 2.12. The summed E-state index contributed by atoms with van der Waals surface area (Å²) in [6, 6.07) is 0. The number of allylic oxidation sites excluding steroid dienone is 4. The Bertz CT molecular complexity index is 262. The molecule has 0 saturated heterocycles. The van der Waals surface area contributed by atoms with Crippen LogP contribution in [0.5, 0.6) is 0 Å². The Morgan fingerprint density at radius 2 is 2.12 bits per heavy atom. The fourth-order valence-corrected chi connectivity index (χ4v) is 1.23. The summed E-state index contributed by atoms with van der Waals surface area (Å²) in [5.74, 6) is -0.225. The number of esters is 1. The summed E-state index contributed by atoms with van der Waals surface area (Å²) in [6.07, 6.45) is 12.2. The Balaban J connectivity index is 4.06. The Morgan fingerprint density at radius 3 is 2.69 bits per heavy atom. The molecule has 2 heteroatoms. The lowest BCUT2D eigenvalue weighted by Gasteiger charge is -2.05. The van der Waals surface area contributed by atoms with Crippen LogP contribution in [0.2, 0.25) is 0 Å². The van der Waals surface area contributed by atoms with Crippen LogP contribution in [0, 0.1) is 0 Å². The predicted octanol–water partition coefficient (Wildman–Crippen LogP) is 3.80. The molecule has 0 aliphatic rings. The van der Waals surface area contributed by atoms with Crippen LogP contribution in [-0.4, -0.2) is 12.6 Å². The minimum Gasteiger partial charge on any atom is -0.461 e. The molecule has 90 valence electrons. The van der Waals surface area contributed by atoms with Gasteiger partial charge in [0, 0.05) is 6.92 Å². The maximum atomic E-state index is 10.7. The lowest BCUT2D eigenvalue weighted by Crippen LogP contribution is -2.03. The minimum atomic E-state index is -0.225. The molecule has 0 atom stereocenters. The van der Waals surface area contributed by atoms with Gasteiger partial charge in [0.25, 0.3) is 0 Å². The molecule has 0 bridgehead atoms. The molecule has 0 aromatic heterocycles. The van der Waals surface area contributed by atoms with Crippen molar-refractivity contribution in [1.29, 1.82) is 0 Å². The fraction of sp³-hybridized carbons (Fsp3) is 0.500. The van der Waals surface area contributed by atoms with Crippen LogP contribution in [0.15, 0.2) is 36.5 Å². The molecule has 0 aliphatic heterocycles. The maximum absolute atomic E-state index is 10.7. The zero-order valence-electron chi connectivity index (χ0n) is 10.4. The van der Waals surface area contributed by atoms with E-state index in [2.05, 4.69) is 18.7 Å². The average Bonchev–Trinajstić information content (AvgIpc) is 2.26. The SMILES string of the molecule is C=CCCCC=C(CC=CC)COC(C)=O. The summed E-state index contributed by atoms with van der Waals surface area (Å²) < 4.78 is 5.00. The first-order chi connectivity index (χ1) is 7.70. The summed E-state index contributed by atoms with van der Waals surface area (Å²) >= 11 is 0. The van der Waals surface area contributed by atoms with E-state index < -0.39 is 0 Å². The van der Waals surface area contributed by atoms with Crippen molar-refractivity contribution in [2.75, 3.05) is 6.61 Å². The number of hydrogen-bond donors (Lipinski definition) is 0. The number of ether oxygens (including phenoxy) is 1. The number of carbonyl (C=O) groups is 1. The van der Waals surface area contributed by atoms with Gasteiger partial charge in [-0.2, -0.15) is 0 Å². The van der Waals surface area contributed by atoms with Gasteiger partial charge >= 0.3 is 5.97 Å². The predicted molar refractivity (Wildman–Crippen MR) is 68.2 cm³/mol. The van der Waals surface area contributed by atoms with Crippen molar-refractivity contribution in [1.82, 2.24) is 0 Å². The highest BCUT2D eigenvalue weighted by atomic mass is 16.5. The first-order valence-corrected chi connectivity index (χ1v) is 5.74. The van der Waals surface area contributed by atoms with Gasteiger partial charge in [-0.3, -0.25) is 4.79 Å². The summed E-state index contributed by atoms with van der Waals surface area (Å²) in [4.78, 5) is 10.7. The van der Waals surface area contributed by atoms with Gasteiger partial charge in [-0.25, -0.2) is 0 Å². The third kappa shape index (κ3) is 9.25. The van der Waals surface area contributed by atoms with E-state index in [1.54, 1.807) is 0 Å². The van der Waals surface area contributed by atoms with E-state index in [0.29, 0.717) is 6.61 Å². The van der Waals surface area contributed by atoms with Gasteiger partial charge in [0.05, 0.1) is 0 Å². The summed E-state index contributed by atoms with van der Waals surface area (Å²) in [5.41, 5.74) is 1.16. The summed E-state index contributed by atoms with van der Waals surface area (Å²) in [7, 11) is 0. The third-order valence-corrected chi connectivity index (χ3v) is 2.12. The van der Waals surface area contributed by atoms with Gasteiger partial charge in [0.1, 0.15) is 6.61 Å². The van der Waals surface area contributed by atoms with E-state index in [1.807, 2.05) is 19.1 Å². The molecular weight excluding hydrogens is 200 g/mol. The van der Waals surface area contributed by atoms with Crippen molar-refractivity contribution in [2.24, 2.45) is 0 Å². The molecule has 0 aromatic carbocycles. The highest BCUT2D eigenvalue weighted by Gasteiger charge is 1.98. The van der Waals surface area contributed by atoms with Gasteiger partial charge in [-0.15, -0.1) is 6.58 Å². The summed E-state index contributed by atoms with van der Waals surface area (Å²) in [5, 5.41) is 0. The molecule has 16 heavy (non-hydrogen) atoms. The quantitative estimate of drug-likeness (QED) is 0.355. The Hall–Kier alpha value is -1.31. The zero-order valence-corrected chi connectivity index (χ0v) is 10.4. The van der Waals surface area contributed by atoms with Crippen molar-refractivity contribution in [3.63, 3.8) is 0 Å². The lowest BCUT2D eigenvalue weighted by molar-refractivity contribution is -0.140. The van der Waals surface area contributed by atoms with Crippen molar-refractivity contribution in [3.05, 3.63) is 36.5 Å². The highest BCUT2D eigenvalue weighted by molar-refractivity contribution is 5.66. The standard InChI is InChI=1S/C14H22O2/c1-4-6-8-9-11-14(10-7-5-2)12-16-13(3)15/h4-5,7,11H,1,6,8-10,12H2,2-3H3. The Labute approximate surface area is 98.7 Å². The van der Waals surface area contributed by atoms with Gasteiger partial charge < -0.3 is 4.74 Å². The molecule has 0 saturated carbocycles. The molecule has 0 heterocycles. The second-order valence-electron chi connectivity index (χ2n) is 3.64. The number of unbranched alkanes of at least 4 members (excludes halogenated alkanes) is 2. The first kappa shape index (κ1) is 14.7. The molecule has 0 spiro atoms. The van der Waals surface area contributed by atoms with E-state index >= 15 is 0 Å². The lowest BCUT2D eigenvalue weighted by atomic mass is 10.1. The molecule has 0 unspecified atom stereocenters. The fourth-order valence-electron chi connectivity index (χ4n) is 1.23. The van der Waals surface area contributed by atoms with Crippen LogP contribution in [0.4, 0.5) is 0 Å². The van der Waals surface area contributed by atoms with Gasteiger partial charge in [-0.05, 0) is 38.2 Å². The van der Waals surface area contributed by atoms with Crippen molar-refractivity contribution < 1.29 is 9.53 Å². The van der Waals surface area contributed by atoms with E-state index in [9.17, 15) is 4.79 Å². The smallest absolute Gasteiger partial charge is 0.302 e. The van der Waals surface area contributed by atoms with Gasteiger partial charge in [0.15, 0.2) is 0 Å². The number of carbonyl (C=O) groups excluding carboxylic acids is 1. The molecule has 0 aromatic rings. The van der Waals surface area contributed by atoms with E-state index in [-0.39, 0.29) is 5.97 Å². The van der Waals surface area contributed by atoms with E-state index in [4.69, 9.17) is 4.74 Å². The Morgan fingerprint density at radius 1 is 1.38 bits per heavy atom. The second kappa shape index (κ2) is 10.2. The van der Waals surface area contributed by atoms with Crippen LogP contribution >= 0.6 is 0 Å². The largest absolute Gasteiger partial charge is 0.461 e. The van der Waals surface area contributed by atoms with E-state index in [0.717, 1.165) is 31.3 Å².